The van der Waals surface area contributed by atoms with Crippen molar-refractivity contribution in [1.29, 1.82) is 0 Å². The Bertz CT molecular complexity index is 1080. The molecule has 1 aromatic carbocycles. The summed E-state index contributed by atoms with van der Waals surface area (Å²) in [5.74, 6) is -0.921. The zero-order valence-electron chi connectivity index (χ0n) is 14.5. The van der Waals surface area contributed by atoms with Crippen molar-refractivity contribution in [2.24, 2.45) is 0 Å². The monoisotopic (exact) mass is 437 g/mol. The Balaban J connectivity index is 1.51. The van der Waals surface area contributed by atoms with Gasteiger partial charge in [-0.3, -0.25) is 4.79 Å². The molecule has 0 bridgehead atoms. The summed E-state index contributed by atoms with van der Waals surface area (Å²) in [6.45, 7) is 0.246. The van der Waals surface area contributed by atoms with E-state index in [4.69, 9.17) is 0 Å². The lowest BCUT2D eigenvalue weighted by molar-refractivity contribution is -0.119. The van der Waals surface area contributed by atoms with E-state index in [9.17, 15) is 17.6 Å². The van der Waals surface area contributed by atoms with E-state index >= 15 is 0 Å². The summed E-state index contributed by atoms with van der Waals surface area (Å²) in [6, 6.07) is 7.68. The largest absolute Gasteiger partial charge is 0.301 e. The fraction of sp³-hybridized carbons (Fsp3) is 0.222. The molecule has 3 heterocycles. The van der Waals surface area contributed by atoms with Crippen LogP contribution in [0.4, 0.5) is 9.52 Å². The van der Waals surface area contributed by atoms with Gasteiger partial charge in [-0.15, -0.1) is 22.7 Å². The summed E-state index contributed by atoms with van der Waals surface area (Å²) in [5.41, 5.74) is 0.775. The molecule has 0 saturated carbocycles. The SMILES string of the molecule is O=C(Nc1nc(-c2cccs2)cs1)[C@@H]1CCCN1S(=O)(=O)c1ccc(F)cc1. The van der Waals surface area contributed by atoms with Crippen LogP contribution in [0, 0.1) is 5.82 Å². The van der Waals surface area contributed by atoms with Gasteiger partial charge < -0.3 is 5.32 Å². The van der Waals surface area contributed by atoms with Crippen molar-refractivity contribution in [3.05, 3.63) is 53.0 Å². The van der Waals surface area contributed by atoms with Gasteiger partial charge in [0, 0.05) is 11.9 Å². The van der Waals surface area contributed by atoms with Gasteiger partial charge in [0.15, 0.2) is 5.13 Å². The molecule has 1 fully saturated rings. The van der Waals surface area contributed by atoms with E-state index in [1.165, 1.54) is 27.8 Å². The molecule has 3 aromatic rings. The number of nitrogens with zero attached hydrogens (tertiary/aromatic N) is 2. The quantitative estimate of drug-likeness (QED) is 0.658. The first-order valence-corrected chi connectivity index (χ1v) is 11.7. The second kappa shape index (κ2) is 7.70. The van der Waals surface area contributed by atoms with E-state index in [0.717, 1.165) is 22.7 Å². The molecule has 4 rings (SSSR count). The molecule has 28 heavy (non-hydrogen) atoms. The van der Waals surface area contributed by atoms with E-state index in [2.05, 4.69) is 10.3 Å². The van der Waals surface area contributed by atoms with Gasteiger partial charge >= 0.3 is 0 Å². The van der Waals surface area contributed by atoms with Crippen LogP contribution in [-0.4, -0.2) is 36.2 Å². The summed E-state index contributed by atoms with van der Waals surface area (Å²) >= 11 is 2.85. The van der Waals surface area contributed by atoms with Crippen molar-refractivity contribution in [3.63, 3.8) is 0 Å². The van der Waals surface area contributed by atoms with Crippen molar-refractivity contribution in [2.45, 2.75) is 23.8 Å². The first-order valence-electron chi connectivity index (χ1n) is 8.53. The Morgan fingerprint density at radius 1 is 1.21 bits per heavy atom. The summed E-state index contributed by atoms with van der Waals surface area (Å²) < 4.78 is 40.1. The number of aromatic nitrogens is 1. The summed E-state index contributed by atoms with van der Waals surface area (Å²) in [6.07, 6.45) is 1.01. The molecule has 2 aromatic heterocycles. The number of sulfonamides is 1. The predicted molar refractivity (Wildman–Crippen MR) is 107 cm³/mol. The molecule has 10 heteroatoms. The van der Waals surface area contributed by atoms with Gasteiger partial charge in [-0.2, -0.15) is 4.31 Å². The standard InChI is InChI=1S/C18H16FN3O3S3/c19-12-5-7-13(8-6-12)28(24,25)22-9-1-3-15(22)17(23)21-18-20-14(11-27-18)16-4-2-10-26-16/h2,4-8,10-11,15H,1,3,9H2,(H,20,21,23)/t15-/m0/s1. The Morgan fingerprint density at radius 3 is 2.71 bits per heavy atom. The molecular formula is C18H16FN3O3S3. The van der Waals surface area contributed by atoms with Crippen LogP contribution in [0.25, 0.3) is 10.6 Å². The van der Waals surface area contributed by atoms with Crippen LogP contribution < -0.4 is 5.32 Å². The Morgan fingerprint density at radius 2 is 2.00 bits per heavy atom. The maximum Gasteiger partial charge on any atom is 0.244 e. The van der Waals surface area contributed by atoms with E-state index in [0.29, 0.717) is 18.0 Å². The van der Waals surface area contributed by atoms with E-state index in [1.54, 1.807) is 11.3 Å². The molecule has 6 nitrogen and oxygen atoms in total. The van der Waals surface area contributed by atoms with Crippen LogP contribution in [0.2, 0.25) is 0 Å². The predicted octanol–water partition coefficient (Wildman–Crippen LogP) is 3.80. The number of hydrogen-bond donors (Lipinski definition) is 1. The van der Waals surface area contributed by atoms with Gasteiger partial charge in [0.1, 0.15) is 11.9 Å². The lowest BCUT2D eigenvalue weighted by atomic mass is 10.2. The van der Waals surface area contributed by atoms with Crippen LogP contribution in [0.1, 0.15) is 12.8 Å². The van der Waals surface area contributed by atoms with Gasteiger partial charge in [0.05, 0.1) is 15.5 Å². The first-order chi connectivity index (χ1) is 13.4. The molecule has 1 amide bonds. The molecule has 0 aliphatic carbocycles. The van der Waals surface area contributed by atoms with Gasteiger partial charge in [-0.25, -0.2) is 17.8 Å². The number of halogens is 1. The third-order valence-corrected chi connectivity index (χ3v) is 8.01. The van der Waals surface area contributed by atoms with Gasteiger partial charge in [-0.1, -0.05) is 6.07 Å². The zero-order valence-corrected chi connectivity index (χ0v) is 17.0. The van der Waals surface area contributed by atoms with Gasteiger partial charge in [-0.05, 0) is 48.6 Å². The minimum atomic E-state index is -3.88. The molecule has 1 aliphatic heterocycles. The number of anilines is 1. The minimum absolute atomic E-state index is 0.0252. The van der Waals surface area contributed by atoms with Gasteiger partial charge in [0.2, 0.25) is 15.9 Å². The molecule has 1 saturated heterocycles. The van der Waals surface area contributed by atoms with Crippen LogP contribution in [-0.2, 0) is 14.8 Å². The molecule has 0 radical (unpaired) electrons. The highest BCUT2D eigenvalue weighted by molar-refractivity contribution is 7.89. The average molecular weight is 438 g/mol. The zero-order chi connectivity index (χ0) is 19.7. The normalized spacial score (nSPS) is 17.7. The number of carbonyl (C=O) groups excluding carboxylic acids is 1. The number of carbonyl (C=O) groups is 1. The van der Waals surface area contributed by atoms with Crippen LogP contribution in [0.5, 0.6) is 0 Å². The highest BCUT2D eigenvalue weighted by atomic mass is 32.2. The number of rotatable bonds is 5. The number of amides is 1. The van der Waals surface area contributed by atoms with E-state index in [-0.39, 0.29) is 11.4 Å². The number of benzene rings is 1. The third-order valence-electron chi connectivity index (χ3n) is 4.43. The maximum absolute atomic E-state index is 13.1. The maximum atomic E-state index is 13.1. The highest BCUT2D eigenvalue weighted by Gasteiger charge is 2.39. The summed E-state index contributed by atoms with van der Waals surface area (Å²) in [7, 11) is -3.88. The van der Waals surface area contributed by atoms with Crippen molar-refractivity contribution in [2.75, 3.05) is 11.9 Å². The van der Waals surface area contributed by atoms with Crippen LogP contribution >= 0.6 is 22.7 Å². The lowest BCUT2D eigenvalue weighted by Crippen LogP contribution is -2.43. The Labute approximate surface area is 169 Å². The topological polar surface area (TPSA) is 79.4 Å². The van der Waals surface area contributed by atoms with Crippen molar-refractivity contribution >= 4 is 43.7 Å². The molecule has 0 unspecified atom stereocenters. The van der Waals surface area contributed by atoms with Crippen molar-refractivity contribution in [3.8, 4) is 10.6 Å². The van der Waals surface area contributed by atoms with Crippen molar-refractivity contribution < 1.29 is 17.6 Å². The molecule has 1 N–H and O–H groups in total. The van der Waals surface area contributed by atoms with E-state index < -0.39 is 27.8 Å². The highest BCUT2D eigenvalue weighted by Crippen LogP contribution is 2.30. The second-order valence-electron chi connectivity index (χ2n) is 6.23. The van der Waals surface area contributed by atoms with Gasteiger partial charge in [0.25, 0.3) is 0 Å². The van der Waals surface area contributed by atoms with Crippen LogP contribution in [0.3, 0.4) is 0 Å². The number of thiophene rings is 1. The fourth-order valence-corrected chi connectivity index (χ4v) is 6.22. The minimum Gasteiger partial charge on any atom is -0.301 e. The molecule has 1 aliphatic rings. The molecular weight excluding hydrogens is 421 g/mol. The average Bonchev–Trinajstić information content (AvgIpc) is 3.42. The van der Waals surface area contributed by atoms with Crippen LogP contribution in [0.15, 0.2) is 52.1 Å². The third kappa shape index (κ3) is 3.72. The Hall–Kier alpha value is -2.14. The fourth-order valence-electron chi connectivity index (χ4n) is 3.09. The number of thiazole rings is 1. The molecule has 146 valence electrons. The first kappa shape index (κ1) is 19.2. The number of hydrogen-bond acceptors (Lipinski definition) is 6. The van der Waals surface area contributed by atoms with E-state index in [1.807, 2.05) is 22.9 Å². The van der Waals surface area contributed by atoms with Crippen molar-refractivity contribution in [1.82, 2.24) is 9.29 Å². The second-order valence-corrected chi connectivity index (χ2v) is 9.93. The molecule has 0 spiro atoms. The smallest absolute Gasteiger partial charge is 0.244 e. The summed E-state index contributed by atoms with van der Waals surface area (Å²) in [5, 5.41) is 6.96. The number of nitrogens with one attached hydrogen (secondary N) is 1. The Kier molecular flexibility index (Phi) is 5.28. The lowest BCUT2D eigenvalue weighted by Gasteiger charge is -2.23. The summed E-state index contributed by atoms with van der Waals surface area (Å²) in [4.78, 5) is 18.1. The molecule has 1 atom stereocenters.